The van der Waals surface area contributed by atoms with Crippen LogP contribution in [0, 0.1) is 6.92 Å². The minimum Gasteiger partial charge on any atom is -0.497 e. The maximum absolute atomic E-state index is 5.36. The summed E-state index contributed by atoms with van der Waals surface area (Å²) in [6, 6.07) is 17.4. The molecule has 29 heavy (non-hydrogen) atoms. The summed E-state index contributed by atoms with van der Waals surface area (Å²) in [7, 11) is 1.72. The van der Waals surface area contributed by atoms with Crippen molar-refractivity contribution in [1.29, 1.82) is 0 Å². The Labute approximate surface area is 173 Å². The summed E-state index contributed by atoms with van der Waals surface area (Å²) in [5.41, 5.74) is 3.73. The van der Waals surface area contributed by atoms with Crippen molar-refractivity contribution < 1.29 is 4.74 Å². The van der Waals surface area contributed by atoms with Gasteiger partial charge in [-0.2, -0.15) is 0 Å². The van der Waals surface area contributed by atoms with Crippen molar-refractivity contribution in [2.24, 2.45) is 0 Å². The molecule has 152 valence electrons. The van der Waals surface area contributed by atoms with Crippen molar-refractivity contribution in [3.8, 4) is 11.4 Å². The van der Waals surface area contributed by atoms with E-state index in [2.05, 4.69) is 69.2 Å². The second-order valence-corrected chi connectivity index (χ2v) is 7.86. The van der Waals surface area contributed by atoms with Crippen LogP contribution in [0.5, 0.6) is 5.75 Å². The zero-order chi connectivity index (χ0) is 20.1. The minimum atomic E-state index is 0.483. The van der Waals surface area contributed by atoms with Crippen molar-refractivity contribution in [3.63, 3.8) is 0 Å². The molecule has 1 N–H and O–H groups in total. The monoisotopic (exact) mass is 390 g/mol. The molecule has 1 aliphatic heterocycles. The Morgan fingerprint density at radius 3 is 2.93 bits per heavy atom. The van der Waals surface area contributed by atoms with Crippen LogP contribution < -0.4 is 10.1 Å². The summed E-state index contributed by atoms with van der Waals surface area (Å²) in [4.78, 5) is 7.12. The largest absolute Gasteiger partial charge is 0.497 e. The first-order valence-electron chi connectivity index (χ1n) is 10.4. The predicted molar refractivity (Wildman–Crippen MR) is 116 cm³/mol. The van der Waals surface area contributed by atoms with Gasteiger partial charge in [0.25, 0.3) is 0 Å². The molecule has 1 atom stereocenters. The maximum atomic E-state index is 5.36. The van der Waals surface area contributed by atoms with Crippen LogP contribution in [-0.4, -0.2) is 40.7 Å². The van der Waals surface area contributed by atoms with Gasteiger partial charge < -0.3 is 14.6 Å². The number of aromatic nitrogens is 2. The molecule has 5 nitrogen and oxygen atoms in total. The van der Waals surface area contributed by atoms with Crippen LogP contribution in [0.4, 0.5) is 0 Å². The quantitative estimate of drug-likeness (QED) is 0.663. The van der Waals surface area contributed by atoms with Crippen molar-refractivity contribution in [2.45, 2.75) is 38.9 Å². The smallest absolute Gasteiger partial charge is 0.127 e. The highest BCUT2D eigenvalue weighted by Crippen LogP contribution is 2.18. The summed E-state index contributed by atoms with van der Waals surface area (Å²) in [5.74, 6) is 1.98. The third-order valence-corrected chi connectivity index (χ3v) is 5.59. The van der Waals surface area contributed by atoms with Gasteiger partial charge in [0.15, 0.2) is 0 Å². The zero-order valence-corrected chi connectivity index (χ0v) is 17.3. The topological polar surface area (TPSA) is 42.3 Å². The number of imidazole rings is 1. The molecule has 1 fully saturated rings. The fraction of sp³-hybridized carbons (Fsp3) is 0.375. The Balaban J connectivity index is 1.35. The van der Waals surface area contributed by atoms with Crippen LogP contribution in [-0.2, 0) is 13.1 Å². The van der Waals surface area contributed by atoms with E-state index in [0.717, 1.165) is 37.8 Å². The molecule has 2 heterocycles. The predicted octanol–water partition coefficient (Wildman–Crippen LogP) is 3.94. The Hall–Kier alpha value is -2.63. The number of aryl methyl sites for hydroxylation is 1. The molecule has 0 spiro atoms. The van der Waals surface area contributed by atoms with E-state index in [1.165, 1.54) is 29.7 Å². The number of hydrogen-bond acceptors (Lipinski definition) is 4. The van der Waals surface area contributed by atoms with Crippen molar-refractivity contribution in [1.82, 2.24) is 19.8 Å². The van der Waals surface area contributed by atoms with E-state index in [1.54, 1.807) is 7.11 Å². The highest BCUT2D eigenvalue weighted by molar-refractivity contribution is 5.36. The van der Waals surface area contributed by atoms with Gasteiger partial charge in [-0.3, -0.25) is 4.90 Å². The summed E-state index contributed by atoms with van der Waals surface area (Å²) in [5, 5.41) is 3.74. The number of rotatable bonds is 7. The number of likely N-dealkylation sites (tertiary alicyclic amines) is 1. The first-order chi connectivity index (χ1) is 14.2. The van der Waals surface area contributed by atoms with Gasteiger partial charge >= 0.3 is 0 Å². The highest BCUT2D eigenvalue weighted by Gasteiger charge is 2.20. The number of nitrogens with one attached hydrogen (secondary N) is 1. The van der Waals surface area contributed by atoms with E-state index in [4.69, 9.17) is 4.74 Å². The van der Waals surface area contributed by atoms with Crippen LogP contribution in [0.2, 0.25) is 0 Å². The SMILES string of the molecule is COc1cccc(CN2CCC[C@@H](NCc3nccn3-c3cccc(C)c3)C2)c1. The molecule has 0 radical (unpaired) electrons. The minimum absolute atomic E-state index is 0.483. The normalized spacial score (nSPS) is 17.4. The second-order valence-electron chi connectivity index (χ2n) is 7.86. The van der Waals surface area contributed by atoms with Crippen LogP contribution >= 0.6 is 0 Å². The lowest BCUT2D eigenvalue weighted by Gasteiger charge is -2.33. The van der Waals surface area contributed by atoms with Gasteiger partial charge in [0.1, 0.15) is 11.6 Å². The molecule has 0 unspecified atom stereocenters. The second kappa shape index (κ2) is 9.25. The van der Waals surface area contributed by atoms with Crippen LogP contribution in [0.3, 0.4) is 0 Å². The number of benzene rings is 2. The number of nitrogens with zero attached hydrogens (tertiary/aromatic N) is 3. The molecule has 1 aliphatic rings. The molecule has 2 aromatic carbocycles. The van der Waals surface area contributed by atoms with Crippen LogP contribution in [0.1, 0.15) is 29.8 Å². The molecule has 3 aromatic rings. The summed E-state index contributed by atoms with van der Waals surface area (Å²) in [6.45, 7) is 6.07. The summed E-state index contributed by atoms with van der Waals surface area (Å²) in [6.07, 6.45) is 6.35. The first-order valence-corrected chi connectivity index (χ1v) is 10.4. The van der Waals surface area contributed by atoms with E-state index in [1.807, 2.05) is 18.5 Å². The lowest BCUT2D eigenvalue weighted by molar-refractivity contribution is 0.182. The molecular formula is C24H30N4O. The Morgan fingerprint density at radius 2 is 2.07 bits per heavy atom. The van der Waals surface area contributed by atoms with Gasteiger partial charge in [0, 0.05) is 37.2 Å². The van der Waals surface area contributed by atoms with Crippen molar-refractivity contribution in [3.05, 3.63) is 77.9 Å². The molecule has 1 saturated heterocycles. The van der Waals surface area contributed by atoms with Gasteiger partial charge in [0.05, 0.1) is 13.7 Å². The lowest BCUT2D eigenvalue weighted by atomic mass is 10.0. The molecule has 5 heteroatoms. The molecule has 0 aliphatic carbocycles. The molecule has 0 bridgehead atoms. The van der Waals surface area contributed by atoms with Gasteiger partial charge in [-0.05, 0) is 61.7 Å². The first kappa shape index (κ1) is 19.7. The third-order valence-electron chi connectivity index (χ3n) is 5.59. The number of hydrogen-bond donors (Lipinski definition) is 1. The highest BCUT2D eigenvalue weighted by atomic mass is 16.5. The van der Waals surface area contributed by atoms with Gasteiger partial charge in [-0.25, -0.2) is 4.98 Å². The third kappa shape index (κ3) is 5.05. The van der Waals surface area contributed by atoms with Gasteiger partial charge in [-0.15, -0.1) is 0 Å². The number of piperidine rings is 1. The fourth-order valence-electron chi connectivity index (χ4n) is 4.11. The van der Waals surface area contributed by atoms with E-state index in [0.29, 0.717) is 6.04 Å². The van der Waals surface area contributed by atoms with Crippen LogP contribution in [0.25, 0.3) is 5.69 Å². The number of ether oxygens (including phenoxy) is 1. The number of methoxy groups -OCH3 is 1. The average Bonchev–Trinajstić information content (AvgIpc) is 3.21. The Bertz CT molecular complexity index is 936. The molecule has 4 rings (SSSR count). The fourth-order valence-corrected chi connectivity index (χ4v) is 4.11. The summed E-state index contributed by atoms with van der Waals surface area (Å²) < 4.78 is 7.54. The standard InChI is InChI=1S/C24H30N4O/c1-19-6-3-9-22(14-19)28-13-11-25-24(28)16-26-21-8-5-12-27(18-21)17-20-7-4-10-23(15-20)29-2/h3-4,6-7,9-11,13-15,21,26H,5,8,12,16-18H2,1-2H3/t21-/m1/s1. The summed E-state index contributed by atoms with van der Waals surface area (Å²) >= 11 is 0. The Morgan fingerprint density at radius 1 is 1.17 bits per heavy atom. The van der Waals surface area contributed by atoms with Crippen LogP contribution in [0.15, 0.2) is 60.9 Å². The van der Waals surface area contributed by atoms with Crippen molar-refractivity contribution >= 4 is 0 Å². The van der Waals surface area contributed by atoms with Crippen molar-refractivity contribution in [2.75, 3.05) is 20.2 Å². The van der Waals surface area contributed by atoms with E-state index in [-0.39, 0.29) is 0 Å². The lowest BCUT2D eigenvalue weighted by Crippen LogP contribution is -2.45. The molecule has 0 saturated carbocycles. The van der Waals surface area contributed by atoms with Gasteiger partial charge in [-0.1, -0.05) is 24.3 Å². The average molecular weight is 391 g/mol. The zero-order valence-electron chi connectivity index (χ0n) is 17.3. The van der Waals surface area contributed by atoms with E-state index < -0.39 is 0 Å². The molecular weight excluding hydrogens is 360 g/mol. The van der Waals surface area contributed by atoms with E-state index in [9.17, 15) is 0 Å². The molecule has 0 amide bonds. The Kier molecular flexibility index (Phi) is 6.27. The van der Waals surface area contributed by atoms with E-state index >= 15 is 0 Å². The molecule has 1 aromatic heterocycles. The van der Waals surface area contributed by atoms with Gasteiger partial charge in [0.2, 0.25) is 0 Å². The maximum Gasteiger partial charge on any atom is 0.127 e.